The molecule has 156 valence electrons. The molecule has 4 rings (SSSR count). The van der Waals surface area contributed by atoms with Crippen LogP contribution in [-0.2, 0) is 23.1 Å². The summed E-state index contributed by atoms with van der Waals surface area (Å²) in [5, 5.41) is 7.41. The first-order valence-corrected chi connectivity index (χ1v) is 11.6. The Morgan fingerprint density at radius 3 is 2.57 bits per heavy atom. The number of benzene rings is 2. The van der Waals surface area contributed by atoms with E-state index in [1.165, 1.54) is 15.2 Å². The first kappa shape index (κ1) is 20.4. The van der Waals surface area contributed by atoms with E-state index in [-0.39, 0.29) is 16.3 Å². The number of anilines is 2. The molecule has 0 bridgehead atoms. The first-order chi connectivity index (χ1) is 14.4. The molecule has 0 radical (unpaired) electrons. The maximum atomic E-state index is 12.6. The number of hydrogen-bond acceptors (Lipinski definition) is 5. The number of halogens is 1. The van der Waals surface area contributed by atoms with Gasteiger partial charge in [-0.05, 0) is 29.7 Å². The third-order valence-corrected chi connectivity index (χ3v) is 7.18. The molecule has 0 spiro atoms. The summed E-state index contributed by atoms with van der Waals surface area (Å²) in [6, 6.07) is 16.9. The fourth-order valence-electron chi connectivity index (χ4n) is 3.41. The van der Waals surface area contributed by atoms with Gasteiger partial charge in [0.15, 0.2) is 0 Å². The molecule has 0 saturated carbocycles. The molecule has 0 amide bonds. The predicted octanol–water partition coefficient (Wildman–Crippen LogP) is 3.10. The van der Waals surface area contributed by atoms with Crippen LogP contribution in [0.5, 0.6) is 0 Å². The van der Waals surface area contributed by atoms with E-state index in [1.807, 2.05) is 48.5 Å². The summed E-state index contributed by atoms with van der Waals surface area (Å²) in [5.74, 6) is 0.177. The maximum Gasteiger partial charge on any atom is 0.287 e. The largest absolute Gasteiger partial charge is 0.378 e. The third kappa shape index (κ3) is 4.34. The molecule has 30 heavy (non-hydrogen) atoms. The highest BCUT2D eigenvalue weighted by atomic mass is 35.5. The molecule has 1 aliphatic rings. The van der Waals surface area contributed by atoms with Gasteiger partial charge in [-0.25, -0.2) is 13.1 Å². The lowest BCUT2D eigenvalue weighted by Gasteiger charge is -2.18. The molecule has 1 fully saturated rings. The molecular formula is C21H21ClN4O3S. The maximum absolute atomic E-state index is 12.6. The predicted molar refractivity (Wildman–Crippen MR) is 119 cm³/mol. The number of nitrogens with one attached hydrogen (secondary N) is 1. The second-order valence-electron chi connectivity index (χ2n) is 7.09. The molecule has 1 saturated heterocycles. The summed E-state index contributed by atoms with van der Waals surface area (Å²) in [7, 11) is -3.23. The van der Waals surface area contributed by atoms with E-state index in [9.17, 15) is 13.2 Å². The second kappa shape index (κ2) is 8.49. The lowest BCUT2D eigenvalue weighted by atomic mass is 10.2. The SMILES string of the molecule is O=c1c(Cl)c(NCc2cccc(N3CCCS3(=O)=O)c2)cnn1Cc1ccccc1. The van der Waals surface area contributed by atoms with Crippen molar-refractivity contribution in [1.29, 1.82) is 0 Å². The Bertz CT molecular complexity index is 1210. The van der Waals surface area contributed by atoms with Crippen LogP contribution in [0.3, 0.4) is 0 Å². The van der Waals surface area contributed by atoms with E-state index < -0.39 is 10.0 Å². The van der Waals surface area contributed by atoms with Crippen molar-refractivity contribution < 1.29 is 8.42 Å². The normalized spacial score (nSPS) is 15.3. The van der Waals surface area contributed by atoms with Crippen molar-refractivity contribution in [2.24, 2.45) is 0 Å². The van der Waals surface area contributed by atoms with Crippen LogP contribution in [0.2, 0.25) is 5.02 Å². The van der Waals surface area contributed by atoms with Crippen molar-refractivity contribution in [1.82, 2.24) is 9.78 Å². The molecule has 1 aromatic heterocycles. The molecule has 3 aromatic rings. The molecule has 1 N–H and O–H groups in total. The Morgan fingerprint density at radius 2 is 1.83 bits per heavy atom. The van der Waals surface area contributed by atoms with Gasteiger partial charge in [0.2, 0.25) is 10.0 Å². The van der Waals surface area contributed by atoms with Crippen LogP contribution in [0.1, 0.15) is 17.5 Å². The Hall–Kier alpha value is -2.84. The molecule has 0 aliphatic carbocycles. The minimum absolute atomic E-state index is 0.0687. The fourth-order valence-corrected chi connectivity index (χ4v) is 5.18. The van der Waals surface area contributed by atoms with Crippen LogP contribution in [0, 0.1) is 0 Å². The van der Waals surface area contributed by atoms with Crippen LogP contribution in [-0.4, -0.2) is 30.5 Å². The summed E-state index contributed by atoms with van der Waals surface area (Å²) in [6.45, 7) is 1.21. The van der Waals surface area contributed by atoms with Gasteiger partial charge in [0.25, 0.3) is 5.56 Å². The van der Waals surface area contributed by atoms with E-state index >= 15 is 0 Å². The van der Waals surface area contributed by atoms with Gasteiger partial charge in [0.1, 0.15) is 5.02 Å². The molecule has 0 unspecified atom stereocenters. The second-order valence-corrected chi connectivity index (χ2v) is 9.48. The van der Waals surface area contributed by atoms with E-state index in [0.29, 0.717) is 37.4 Å². The van der Waals surface area contributed by atoms with Gasteiger partial charge in [-0.2, -0.15) is 5.10 Å². The monoisotopic (exact) mass is 444 g/mol. The van der Waals surface area contributed by atoms with E-state index in [1.54, 1.807) is 6.07 Å². The minimum Gasteiger partial charge on any atom is -0.378 e. The summed E-state index contributed by atoms with van der Waals surface area (Å²) in [6.07, 6.45) is 2.16. The number of aromatic nitrogens is 2. The van der Waals surface area contributed by atoms with Gasteiger partial charge in [0.05, 0.1) is 29.9 Å². The molecule has 7 nitrogen and oxygen atoms in total. The summed E-state index contributed by atoms with van der Waals surface area (Å²) in [5.41, 5.74) is 2.54. The van der Waals surface area contributed by atoms with E-state index in [2.05, 4.69) is 10.4 Å². The fraction of sp³-hybridized carbons (Fsp3) is 0.238. The number of hydrogen-bond donors (Lipinski definition) is 1. The highest BCUT2D eigenvalue weighted by molar-refractivity contribution is 7.93. The van der Waals surface area contributed by atoms with Crippen molar-refractivity contribution in [2.75, 3.05) is 21.9 Å². The van der Waals surface area contributed by atoms with Gasteiger partial charge in [0, 0.05) is 13.1 Å². The lowest BCUT2D eigenvalue weighted by Crippen LogP contribution is -2.25. The summed E-state index contributed by atoms with van der Waals surface area (Å²) >= 11 is 6.28. The van der Waals surface area contributed by atoms with Crippen LogP contribution < -0.4 is 15.2 Å². The molecule has 2 heterocycles. The van der Waals surface area contributed by atoms with E-state index in [4.69, 9.17) is 11.6 Å². The Balaban J connectivity index is 1.48. The Labute approximate surface area is 180 Å². The quantitative estimate of drug-likeness (QED) is 0.631. The van der Waals surface area contributed by atoms with Gasteiger partial charge < -0.3 is 5.32 Å². The smallest absolute Gasteiger partial charge is 0.287 e. The zero-order chi connectivity index (χ0) is 21.1. The molecule has 1 aliphatic heterocycles. The van der Waals surface area contributed by atoms with Gasteiger partial charge in [-0.1, -0.05) is 54.1 Å². The number of rotatable bonds is 6. The highest BCUT2D eigenvalue weighted by Crippen LogP contribution is 2.25. The zero-order valence-corrected chi connectivity index (χ0v) is 17.7. The number of sulfonamides is 1. The topological polar surface area (TPSA) is 84.3 Å². The molecule has 0 atom stereocenters. The minimum atomic E-state index is -3.23. The average molecular weight is 445 g/mol. The summed E-state index contributed by atoms with van der Waals surface area (Å²) in [4.78, 5) is 12.6. The lowest BCUT2D eigenvalue weighted by molar-refractivity contribution is 0.599. The van der Waals surface area contributed by atoms with Gasteiger partial charge in [-0.15, -0.1) is 0 Å². The van der Waals surface area contributed by atoms with Crippen molar-refractivity contribution in [3.05, 3.63) is 87.3 Å². The summed E-state index contributed by atoms with van der Waals surface area (Å²) < 4.78 is 27.1. The zero-order valence-electron chi connectivity index (χ0n) is 16.2. The number of nitrogens with zero attached hydrogens (tertiary/aromatic N) is 3. The molecule has 9 heteroatoms. The molecule has 2 aromatic carbocycles. The standard InChI is InChI=1S/C21H21ClN4O3S/c22-20-19(14-24-25(21(20)27)15-16-6-2-1-3-7-16)23-13-17-8-4-9-18(12-17)26-10-5-11-30(26,28)29/h1-4,6-9,12,14,23H,5,10-11,13,15H2. The Morgan fingerprint density at radius 1 is 1.07 bits per heavy atom. The van der Waals surface area contributed by atoms with Crippen molar-refractivity contribution in [3.8, 4) is 0 Å². The molecular weight excluding hydrogens is 424 g/mol. The van der Waals surface area contributed by atoms with Crippen LogP contribution in [0.15, 0.2) is 65.6 Å². The van der Waals surface area contributed by atoms with Gasteiger partial charge >= 0.3 is 0 Å². The first-order valence-electron chi connectivity index (χ1n) is 9.57. The Kier molecular flexibility index (Phi) is 5.78. The average Bonchev–Trinajstić information content (AvgIpc) is 3.11. The third-order valence-electron chi connectivity index (χ3n) is 4.94. The van der Waals surface area contributed by atoms with E-state index in [0.717, 1.165) is 11.1 Å². The highest BCUT2D eigenvalue weighted by Gasteiger charge is 2.28. The van der Waals surface area contributed by atoms with Crippen molar-refractivity contribution in [3.63, 3.8) is 0 Å². The van der Waals surface area contributed by atoms with Crippen LogP contribution in [0.4, 0.5) is 11.4 Å². The van der Waals surface area contributed by atoms with Crippen LogP contribution >= 0.6 is 11.6 Å². The van der Waals surface area contributed by atoms with Crippen LogP contribution in [0.25, 0.3) is 0 Å². The van der Waals surface area contributed by atoms with Crippen molar-refractivity contribution in [2.45, 2.75) is 19.5 Å². The van der Waals surface area contributed by atoms with Gasteiger partial charge in [-0.3, -0.25) is 9.10 Å². The van der Waals surface area contributed by atoms with Crippen molar-refractivity contribution >= 4 is 33.0 Å².